The molecule has 0 spiro atoms. The number of hydrogen-bond acceptors (Lipinski definition) is 7. The number of primary amides is 1. The summed E-state index contributed by atoms with van der Waals surface area (Å²) in [7, 11) is 0. The topological polar surface area (TPSA) is 149 Å². The minimum Gasteiger partial charge on any atom is -0.445 e. The Labute approximate surface area is 211 Å². The predicted octanol–water partition coefficient (Wildman–Crippen LogP) is 4.10. The van der Waals surface area contributed by atoms with Gasteiger partial charge in [0.1, 0.15) is 12.6 Å². The fourth-order valence-corrected chi connectivity index (χ4v) is 4.12. The maximum atomic E-state index is 12.8. The highest BCUT2D eigenvalue weighted by Gasteiger charge is 2.21. The van der Waals surface area contributed by atoms with Crippen LogP contribution in [-0.4, -0.2) is 22.9 Å². The van der Waals surface area contributed by atoms with Gasteiger partial charge in [0.05, 0.1) is 11.4 Å². The monoisotopic (exact) mass is 501 g/mol. The van der Waals surface area contributed by atoms with E-state index in [1.807, 2.05) is 29.6 Å². The Bertz CT molecular complexity index is 1360. The second-order valence-corrected chi connectivity index (χ2v) is 8.72. The van der Waals surface area contributed by atoms with E-state index in [9.17, 15) is 14.4 Å². The number of carbonyl (C=O) groups is 3. The summed E-state index contributed by atoms with van der Waals surface area (Å²) in [5, 5.41) is 7.24. The maximum absolute atomic E-state index is 12.8. The zero-order chi connectivity index (χ0) is 25.5. The van der Waals surface area contributed by atoms with Gasteiger partial charge in [-0.05, 0) is 52.9 Å². The van der Waals surface area contributed by atoms with Crippen molar-refractivity contribution in [3.8, 4) is 10.4 Å². The van der Waals surface area contributed by atoms with E-state index in [1.165, 1.54) is 24.3 Å². The van der Waals surface area contributed by atoms with E-state index in [1.54, 1.807) is 41.9 Å². The number of carbonyl (C=O) groups excluding carboxylic acids is 3. The van der Waals surface area contributed by atoms with Crippen molar-refractivity contribution in [1.82, 2.24) is 10.3 Å². The van der Waals surface area contributed by atoms with Gasteiger partial charge in [0.25, 0.3) is 5.91 Å². The van der Waals surface area contributed by atoms with Crippen LogP contribution in [0.3, 0.4) is 0 Å². The minimum atomic E-state index is -1.14. The number of nitrogens with two attached hydrogens (primary N) is 2. The standard InChI is InChI=1S/C26H23N5O4S/c27-20-10-9-19(22-4-2-12-36-22)13-21(20)30-25(33)18-7-5-17(6-8-18)23(24(28)32)31-26(34)35-15-16-3-1-11-29-14-16/h1-14,23H,15,27H2,(H2,28,32)(H,30,33)(H,31,34). The number of ether oxygens (including phenoxy) is 1. The quantitative estimate of drug-likeness (QED) is 0.267. The van der Waals surface area contributed by atoms with Crippen LogP contribution in [0.5, 0.6) is 0 Å². The Kier molecular flexibility index (Phi) is 7.57. The molecule has 0 aliphatic carbocycles. The fraction of sp³-hybridized carbons (Fsp3) is 0.0769. The zero-order valence-electron chi connectivity index (χ0n) is 19.0. The summed E-state index contributed by atoms with van der Waals surface area (Å²) in [4.78, 5) is 42.0. The molecule has 0 radical (unpaired) electrons. The molecule has 0 fully saturated rings. The Balaban J connectivity index is 1.41. The number of nitrogens with zero attached hydrogens (tertiary/aromatic N) is 1. The number of benzene rings is 2. The zero-order valence-corrected chi connectivity index (χ0v) is 19.8. The van der Waals surface area contributed by atoms with Crippen molar-refractivity contribution in [2.24, 2.45) is 5.73 Å². The van der Waals surface area contributed by atoms with Crippen LogP contribution in [0.4, 0.5) is 16.2 Å². The molecular formula is C26H23N5O4S. The first kappa shape index (κ1) is 24.4. The number of alkyl carbamates (subject to hydrolysis) is 1. The Morgan fingerprint density at radius 2 is 1.83 bits per heavy atom. The summed E-state index contributed by atoms with van der Waals surface area (Å²) in [6.07, 6.45) is 2.35. The van der Waals surface area contributed by atoms with Crippen molar-refractivity contribution in [3.05, 3.63) is 101 Å². The number of nitrogen functional groups attached to an aromatic ring is 1. The van der Waals surface area contributed by atoms with E-state index in [4.69, 9.17) is 16.2 Å². The lowest BCUT2D eigenvalue weighted by atomic mass is 10.0. The van der Waals surface area contributed by atoms with E-state index in [0.717, 1.165) is 10.4 Å². The number of aromatic nitrogens is 1. The lowest BCUT2D eigenvalue weighted by Gasteiger charge is -2.16. The van der Waals surface area contributed by atoms with Gasteiger partial charge in [0.15, 0.2) is 0 Å². The SMILES string of the molecule is NC(=O)C(NC(=O)OCc1cccnc1)c1ccc(C(=O)Nc2cc(-c3cccs3)ccc2N)cc1. The molecule has 2 heterocycles. The van der Waals surface area contributed by atoms with E-state index in [0.29, 0.717) is 28.1 Å². The normalized spacial score (nSPS) is 11.3. The Morgan fingerprint density at radius 1 is 1.03 bits per heavy atom. The van der Waals surface area contributed by atoms with Gasteiger partial charge in [0, 0.05) is 28.4 Å². The highest BCUT2D eigenvalue weighted by atomic mass is 32.1. The van der Waals surface area contributed by atoms with Gasteiger partial charge >= 0.3 is 6.09 Å². The average Bonchev–Trinajstić information content (AvgIpc) is 3.43. The number of nitrogens with one attached hydrogen (secondary N) is 2. The molecule has 182 valence electrons. The van der Waals surface area contributed by atoms with Gasteiger partial charge in [-0.25, -0.2) is 4.79 Å². The third kappa shape index (κ3) is 6.05. The smallest absolute Gasteiger partial charge is 0.408 e. The molecule has 0 saturated heterocycles. The van der Waals surface area contributed by atoms with Crippen molar-refractivity contribution in [3.63, 3.8) is 0 Å². The highest BCUT2D eigenvalue weighted by molar-refractivity contribution is 7.13. The number of hydrogen-bond donors (Lipinski definition) is 4. The number of thiophene rings is 1. The van der Waals surface area contributed by atoms with Crippen LogP contribution in [0, 0.1) is 0 Å². The molecule has 4 aromatic rings. The second kappa shape index (κ2) is 11.2. The molecule has 0 aliphatic heterocycles. The minimum absolute atomic E-state index is 0.0128. The van der Waals surface area contributed by atoms with E-state index < -0.39 is 18.0 Å². The second-order valence-electron chi connectivity index (χ2n) is 7.77. The molecular weight excluding hydrogens is 478 g/mol. The molecule has 9 nitrogen and oxygen atoms in total. The third-order valence-electron chi connectivity index (χ3n) is 5.25. The molecule has 6 N–H and O–H groups in total. The summed E-state index contributed by atoms with van der Waals surface area (Å²) in [5.74, 6) is -1.15. The first-order chi connectivity index (χ1) is 17.4. The number of anilines is 2. The van der Waals surface area contributed by atoms with E-state index in [2.05, 4.69) is 15.6 Å². The summed E-state index contributed by atoms with van der Waals surface area (Å²) >= 11 is 1.59. The summed E-state index contributed by atoms with van der Waals surface area (Å²) in [5.41, 5.74) is 14.8. The van der Waals surface area contributed by atoms with Gasteiger partial charge in [-0.3, -0.25) is 14.6 Å². The molecule has 0 saturated carbocycles. The van der Waals surface area contributed by atoms with Crippen LogP contribution in [0.2, 0.25) is 0 Å². The van der Waals surface area contributed by atoms with Crippen LogP contribution >= 0.6 is 11.3 Å². The Morgan fingerprint density at radius 3 is 2.50 bits per heavy atom. The first-order valence-electron chi connectivity index (χ1n) is 10.9. The largest absolute Gasteiger partial charge is 0.445 e. The van der Waals surface area contributed by atoms with Crippen molar-refractivity contribution in [1.29, 1.82) is 0 Å². The van der Waals surface area contributed by atoms with Crippen LogP contribution in [-0.2, 0) is 16.1 Å². The Hall–Kier alpha value is -4.70. The molecule has 1 unspecified atom stereocenters. The molecule has 2 aromatic heterocycles. The van der Waals surface area contributed by atoms with Crippen molar-refractivity contribution < 1.29 is 19.1 Å². The fourth-order valence-electron chi connectivity index (χ4n) is 3.39. The maximum Gasteiger partial charge on any atom is 0.408 e. The van der Waals surface area contributed by atoms with E-state index >= 15 is 0 Å². The summed E-state index contributed by atoms with van der Waals surface area (Å²) in [6, 6.07) is 17.9. The van der Waals surface area contributed by atoms with Crippen molar-refractivity contribution in [2.75, 3.05) is 11.1 Å². The molecule has 10 heteroatoms. The lowest BCUT2D eigenvalue weighted by Crippen LogP contribution is -2.37. The molecule has 3 amide bonds. The highest BCUT2D eigenvalue weighted by Crippen LogP contribution is 2.30. The predicted molar refractivity (Wildman–Crippen MR) is 138 cm³/mol. The molecule has 1 atom stereocenters. The van der Waals surface area contributed by atoms with Gasteiger partial charge < -0.3 is 26.8 Å². The van der Waals surface area contributed by atoms with Gasteiger partial charge in [-0.15, -0.1) is 11.3 Å². The lowest BCUT2D eigenvalue weighted by molar-refractivity contribution is -0.120. The number of amides is 3. The van der Waals surface area contributed by atoms with Gasteiger partial charge in [-0.2, -0.15) is 0 Å². The third-order valence-corrected chi connectivity index (χ3v) is 6.17. The average molecular weight is 502 g/mol. The van der Waals surface area contributed by atoms with Gasteiger partial charge in [-0.1, -0.05) is 30.3 Å². The number of pyridine rings is 1. The van der Waals surface area contributed by atoms with Crippen LogP contribution in [0.25, 0.3) is 10.4 Å². The first-order valence-corrected chi connectivity index (χ1v) is 11.7. The molecule has 36 heavy (non-hydrogen) atoms. The van der Waals surface area contributed by atoms with E-state index in [-0.39, 0.29) is 12.5 Å². The van der Waals surface area contributed by atoms with Crippen LogP contribution in [0.1, 0.15) is 27.5 Å². The molecule has 2 aromatic carbocycles. The summed E-state index contributed by atoms with van der Waals surface area (Å²) in [6.45, 7) is -0.0128. The van der Waals surface area contributed by atoms with Gasteiger partial charge in [0.2, 0.25) is 5.91 Å². The molecule has 0 aliphatic rings. The summed E-state index contributed by atoms with van der Waals surface area (Å²) < 4.78 is 5.13. The molecule has 4 rings (SSSR count). The number of rotatable bonds is 8. The van der Waals surface area contributed by atoms with Crippen LogP contribution in [0.15, 0.2) is 84.5 Å². The van der Waals surface area contributed by atoms with Crippen molar-refractivity contribution >= 4 is 40.6 Å². The van der Waals surface area contributed by atoms with Crippen molar-refractivity contribution in [2.45, 2.75) is 12.6 Å². The molecule has 0 bridgehead atoms. The van der Waals surface area contributed by atoms with Crippen LogP contribution < -0.4 is 22.1 Å².